The molecular formula is C70H74N4O26Si. The molecule has 0 saturated carbocycles. The number of aliphatic hydroxyl groups excluding tert-OH is 7. The molecule has 0 spiro atoms. The van der Waals surface area contributed by atoms with E-state index in [0.29, 0.717) is 14.7 Å². The molecule has 0 aliphatic carbocycles. The third-order valence-electron chi connectivity index (χ3n) is 20.3. The maximum atomic E-state index is 15.0. The van der Waals surface area contributed by atoms with Crippen molar-refractivity contribution in [1.82, 2.24) is 19.6 Å². The fourth-order valence-corrected chi connectivity index (χ4v) is 15.6. The van der Waals surface area contributed by atoms with Gasteiger partial charge in [-0.2, -0.15) is 0 Å². The Hall–Kier alpha value is -8.29. The van der Waals surface area contributed by atoms with E-state index in [1.807, 2.05) is 33.9 Å². The SMILES string of the molecule is CO[C@H]1OC(CO)[C@H](OC2OC(CO)C(O[C@H]3OC(CO)[C@H](OC4OC(CO)C(O[Si](C)(C)C(C)(C)C)[C@H](OC(=O)c5ccccc5)[C@@H]4N4C(=O)c5ccccc5C4=O)C(O)[C@H]3N3C(=O)c4ccccc4C3=O)[C@H](O)[C@@H]2N2C(=O)c3ccccc3C2=O)C(O)[C@H]1N1C(=O)c2ccccc2C1=O. The molecule has 0 radical (unpaired) electrons. The van der Waals surface area contributed by atoms with Gasteiger partial charge in [-0.25, -0.2) is 4.79 Å². The molecule has 8 heterocycles. The Bertz CT molecular complexity index is 3960. The Morgan fingerprint density at radius 1 is 0.396 bits per heavy atom. The van der Waals surface area contributed by atoms with Crippen LogP contribution in [0.3, 0.4) is 0 Å². The summed E-state index contributed by atoms with van der Waals surface area (Å²) in [6.07, 6.45) is -31.7. The maximum absolute atomic E-state index is 15.0. The van der Waals surface area contributed by atoms with E-state index in [9.17, 15) is 78.9 Å². The highest BCUT2D eigenvalue weighted by Gasteiger charge is 2.64. The molecule has 7 N–H and O–H groups in total. The van der Waals surface area contributed by atoms with Crippen molar-refractivity contribution < 1.29 is 126 Å². The topological polar surface area (TPSA) is 400 Å². The number of aliphatic hydroxyl groups is 7. The van der Waals surface area contributed by atoms with Crippen molar-refractivity contribution in [1.29, 1.82) is 0 Å². The second-order valence-electron chi connectivity index (χ2n) is 27.1. The van der Waals surface area contributed by atoms with Crippen molar-refractivity contribution >= 4 is 61.5 Å². The van der Waals surface area contributed by atoms with Crippen molar-refractivity contribution in [2.45, 2.75) is 161 Å². The number of imide groups is 4. The van der Waals surface area contributed by atoms with Crippen LogP contribution >= 0.6 is 0 Å². The molecule has 5 aromatic carbocycles. The van der Waals surface area contributed by atoms with Gasteiger partial charge >= 0.3 is 5.97 Å². The molecule has 4 fully saturated rings. The molecule has 8 aliphatic heterocycles. The monoisotopic (exact) mass is 1410 g/mol. The Balaban J connectivity index is 0.885. The second-order valence-corrected chi connectivity index (χ2v) is 31.8. The minimum Gasteiger partial charge on any atom is -0.454 e. The van der Waals surface area contributed by atoms with Crippen LogP contribution in [0.5, 0.6) is 0 Å². The smallest absolute Gasteiger partial charge is 0.338 e. The van der Waals surface area contributed by atoms with E-state index >= 15 is 0 Å². The number of nitrogens with zero attached hydrogens (tertiary/aromatic N) is 4. The number of ether oxygens (including phenoxy) is 9. The summed E-state index contributed by atoms with van der Waals surface area (Å²) >= 11 is 0. The molecule has 4 saturated heterocycles. The number of hydrogen-bond acceptors (Lipinski definition) is 26. The number of hydrogen-bond donors (Lipinski definition) is 7. The lowest BCUT2D eigenvalue weighted by Crippen LogP contribution is -2.73. The highest BCUT2D eigenvalue weighted by atomic mass is 28.4. The Kier molecular flexibility index (Phi) is 19.6. The molecule has 0 aromatic heterocycles. The summed E-state index contributed by atoms with van der Waals surface area (Å²) in [4.78, 5) is 134. The minimum absolute atomic E-state index is 0.00882. The molecule has 534 valence electrons. The fourth-order valence-electron chi connectivity index (χ4n) is 14.3. The van der Waals surface area contributed by atoms with Crippen molar-refractivity contribution in [3.8, 4) is 0 Å². The van der Waals surface area contributed by atoms with E-state index in [2.05, 4.69) is 0 Å². The van der Waals surface area contributed by atoms with E-state index < -0.39 is 216 Å². The number of carbonyl (C=O) groups is 9. The number of methoxy groups -OCH3 is 1. The molecule has 31 heteroatoms. The lowest BCUT2D eigenvalue weighted by molar-refractivity contribution is -0.369. The van der Waals surface area contributed by atoms with E-state index in [0.717, 1.165) is 12.0 Å². The molecule has 0 bridgehead atoms. The number of benzene rings is 5. The van der Waals surface area contributed by atoms with Crippen LogP contribution < -0.4 is 0 Å². The standard InChI is InChI=1S/C70H74N4O26Si/c1-70(2,3)101(5,6)100-55-44(31-78)95-69(48(56(55)96-65(90)32-18-8-7-9-19-32)74-63(88)39-26-16-17-27-40(39)64(74)89)99-54-43(30-77)94-68(47(51(54)81)73-61(86)37-24-14-15-25-38(37)62(73)87)98-53-42(29-76)93-67(46(50(53)80)72-59(84)35-22-12-13-23-36(35)60(72)85)97-52-41(28-75)92-66(91-4)45(49(52)79)71-57(82)33-20-10-11-21-34(33)58(71)83/h7-27,41-56,66-69,75-81H,28-31H2,1-6H3/t41?,42?,43?,44?,45-,46+,47-,48+,49?,50-,51?,52+,53?,54+,55?,56-,66+,67?,68-,69?/m1/s1. The third kappa shape index (κ3) is 12.0. The van der Waals surface area contributed by atoms with Crippen LogP contribution in [-0.4, -0.2) is 273 Å². The second kappa shape index (κ2) is 27.8. The number of esters is 1. The van der Waals surface area contributed by atoms with Gasteiger partial charge in [-0.05, 0) is 78.8 Å². The predicted octanol–water partition coefficient (Wildman–Crippen LogP) is 1.02. The summed E-state index contributed by atoms with van der Waals surface area (Å²) < 4.78 is 64.4. The molecular weight excluding hydrogens is 1340 g/mol. The fraction of sp³-hybridized carbons (Fsp3) is 0.443. The molecule has 30 nitrogen and oxygen atoms in total. The lowest BCUT2D eigenvalue weighted by atomic mass is 9.92. The summed E-state index contributed by atoms with van der Waals surface area (Å²) in [6, 6.07) is 22.2. The summed E-state index contributed by atoms with van der Waals surface area (Å²) in [5.74, 6) is -8.82. The molecule has 13 rings (SSSR count). The first-order chi connectivity index (χ1) is 48.3. The van der Waals surface area contributed by atoms with E-state index in [-0.39, 0.29) is 50.1 Å². The average molecular weight is 1420 g/mol. The van der Waals surface area contributed by atoms with Gasteiger partial charge in [0, 0.05) is 7.11 Å². The minimum atomic E-state index is -3.09. The first kappa shape index (κ1) is 71.1. The van der Waals surface area contributed by atoms with Crippen LogP contribution in [0.1, 0.15) is 114 Å². The van der Waals surface area contributed by atoms with Crippen LogP contribution in [0, 0.1) is 0 Å². The highest BCUT2D eigenvalue weighted by molar-refractivity contribution is 6.74. The van der Waals surface area contributed by atoms with Crippen LogP contribution in [0.2, 0.25) is 18.1 Å². The van der Waals surface area contributed by atoms with Crippen molar-refractivity contribution in [2.75, 3.05) is 33.5 Å². The predicted molar refractivity (Wildman–Crippen MR) is 343 cm³/mol. The number of amides is 8. The lowest BCUT2D eigenvalue weighted by Gasteiger charge is -2.53. The maximum Gasteiger partial charge on any atom is 0.338 e. The summed E-state index contributed by atoms with van der Waals surface area (Å²) in [5, 5.41) is 83.7. The Morgan fingerprint density at radius 2 is 0.653 bits per heavy atom. The zero-order valence-corrected chi connectivity index (χ0v) is 56.2. The average Bonchev–Trinajstić information content (AvgIpc) is 1.66. The molecule has 101 heavy (non-hydrogen) atoms. The van der Waals surface area contributed by atoms with Gasteiger partial charge in [0.2, 0.25) is 0 Å². The molecule has 5 aromatic rings. The number of rotatable bonds is 19. The van der Waals surface area contributed by atoms with Crippen molar-refractivity contribution in [2.24, 2.45) is 0 Å². The summed E-state index contributed by atoms with van der Waals surface area (Å²) in [6.45, 7) is 5.23. The number of carbonyl (C=O) groups excluding carboxylic acids is 9. The van der Waals surface area contributed by atoms with Gasteiger partial charge in [-0.3, -0.25) is 58.0 Å². The van der Waals surface area contributed by atoms with Crippen LogP contribution in [0.25, 0.3) is 0 Å². The van der Waals surface area contributed by atoms with Gasteiger partial charge in [0.15, 0.2) is 39.6 Å². The van der Waals surface area contributed by atoms with Gasteiger partial charge in [-0.15, -0.1) is 0 Å². The first-order valence-corrected chi connectivity index (χ1v) is 35.6. The van der Waals surface area contributed by atoms with Gasteiger partial charge in [-0.1, -0.05) is 87.5 Å². The van der Waals surface area contributed by atoms with Crippen LogP contribution in [0.4, 0.5) is 0 Å². The highest BCUT2D eigenvalue weighted by Crippen LogP contribution is 2.46. The quantitative estimate of drug-likeness (QED) is 0.0345. The Morgan fingerprint density at radius 3 is 0.941 bits per heavy atom. The molecule has 8 aliphatic rings. The third-order valence-corrected chi connectivity index (χ3v) is 24.8. The van der Waals surface area contributed by atoms with Gasteiger partial charge in [0.1, 0.15) is 91.3 Å². The van der Waals surface area contributed by atoms with E-state index in [4.69, 9.17) is 47.1 Å². The van der Waals surface area contributed by atoms with Gasteiger partial charge in [0.25, 0.3) is 47.3 Å². The molecule has 8 amide bonds. The van der Waals surface area contributed by atoms with Crippen LogP contribution in [0.15, 0.2) is 127 Å². The van der Waals surface area contributed by atoms with Crippen LogP contribution in [-0.2, 0) is 47.1 Å². The largest absolute Gasteiger partial charge is 0.454 e. The zero-order valence-electron chi connectivity index (χ0n) is 55.2. The normalized spacial score (nSPS) is 32.7. The molecule has 10 unspecified atom stereocenters. The molecule has 20 atom stereocenters. The van der Waals surface area contributed by atoms with Gasteiger partial charge in [0.05, 0.1) is 76.5 Å². The van der Waals surface area contributed by atoms with Gasteiger partial charge < -0.3 is 82.8 Å². The van der Waals surface area contributed by atoms with E-state index in [1.165, 1.54) is 109 Å². The Labute approximate surface area is 577 Å². The summed E-state index contributed by atoms with van der Waals surface area (Å²) in [5.41, 5.74) is -0.954. The first-order valence-electron chi connectivity index (χ1n) is 32.7. The van der Waals surface area contributed by atoms with Crippen molar-refractivity contribution in [3.63, 3.8) is 0 Å². The number of fused-ring (bicyclic) bond motifs is 4. The zero-order chi connectivity index (χ0) is 72.0. The summed E-state index contributed by atoms with van der Waals surface area (Å²) in [7, 11) is -1.94. The van der Waals surface area contributed by atoms with E-state index in [1.54, 1.807) is 18.2 Å². The van der Waals surface area contributed by atoms with Crippen molar-refractivity contribution in [3.05, 3.63) is 177 Å².